The van der Waals surface area contributed by atoms with Gasteiger partial charge in [-0.2, -0.15) is 0 Å². The van der Waals surface area contributed by atoms with Crippen LogP contribution in [0.4, 0.5) is 0 Å². The number of fused-ring (bicyclic) bond motifs is 1. The summed E-state index contributed by atoms with van der Waals surface area (Å²) in [6.45, 7) is 4.92. The van der Waals surface area contributed by atoms with Crippen LogP contribution in [0.15, 0.2) is 23.4 Å². The molecule has 0 fully saturated rings. The van der Waals surface area contributed by atoms with Crippen molar-refractivity contribution in [3.63, 3.8) is 0 Å². The molecule has 0 aliphatic rings. The Kier molecular flexibility index (Phi) is 6.16. The summed E-state index contributed by atoms with van der Waals surface area (Å²) < 4.78 is 12.7. The number of hydrogen-bond acceptors (Lipinski definition) is 4. The van der Waals surface area contributed by atoms with Gasteiger partial charge in [-0.1, -0.05) is 23.4 Å². The fraction of sp³-hybridized carbons (Fsp3) is 0.500. The van der Waals surface area contributed by atoms with Crippen molar-refractivity contribution in [1.82, 2.24) is 9.55 Å². The topological polar surface area (TPSA) is 36.3 Å². The Morgan fingerprint density at radius 3 is 2.95 bits per heavy atom. The number of rotatable bonds is 8. The average molecular weight is 315 g/mol. The normalized spacial score (nSPS) is 11.3. The second-order valence-electron chi connectivity index (χ2n) is 4.22. The van der Waals surface area contributed by atoms with Crippen LogP contribution in [-0.2, 0) is 16.0 Å². The van der Waals surface area contributed by atoms with E-state index in [2.05, 4.69) is 9.55 Å². The molecule has 0 aliphatic carbocycles. The SMILES string of the molecule is CCOCCSc1nc2cc(Cl)ccc2n1CCOC. The Morgan fingerprint density at radius 2 is 2.20 bits per heavy atom. The summed E-state index contributed by atoms with van der Waals surface area (Å²) in [6, 6.07) is 5.79. The van der Waals surface area contributed by atoms with Gasteiger partial charge in [0.25, 0.3) is 0 Å². The first-order valence-corrected chi connectivity index (χ1v) is 7.98. The Balaban J connectivity index is 2.21. The molecule has 20 heavy (non-hydrogen) atoms. The van der Waals surface area contributed by atoms with Gasteiger partial charge in [-0.15, -0.1) is 0 Å². The molecule has 2 aromatic rings. The van der Waals surface area contributed by atoms with Crippen LogP contribution < -0.4 is 0 Å². The van der Waals surface area contributed by atoms with Crippen molar-refractivity contribution in [2.75, 3.05) is 32.7 Å². The molecule has 1 aromatic carbocycles. The van der Waals surface area contributed by atoms with Crippen LogP contribution in [0.2, 0.25) is 5.02 Å². The summed E-state index contributed by atoms with van der Waals surface area (Å²) in [7, 11) is 1.71. The first-order valence-electron chi connectivity index (χ1n) is 6.61. The fourth-order valence-electron chi connectivity index (χ4n) is 1.93. The summed E-state index contributed by atoms with van der Waals surface area (Å²) in [5.74, 6) is 0.887. The summed E-state index contributed by atoms with van der Waals surface area (Å²) in [5, 5.41) is 1.69. The molecule has 0 saturated carbocycles. The van der Waals surface area contributed by atoms with E-state index in [4.69, 9.17) is 21.1 Å². The molecule has 0 radical (unpaired) electrons. The first-order chi connectivity index (χ1) is 9.76. The van der Waals surface area contributed by atoms with Crippen molar-refractivity contribution >= 4 is 34.4 Å². The van der Waals surface area contributed by atoms with Crippen LogP contribution in [0, 0.1) is 0 Å². The molecule has 6 heteroatoms. The average Bonchev–Trinajstić information content (AvgIpc) is 2.78. The Labute approximate surface area is 128 Å². The Bertz CT molecular complexity index is 559. The van der Waals surface area contributed by atoms with Gasteiger partial charge in [0.2, 0.25) is 0 Å². The van der Waals surface area contributed by atoms with E-state index in [1.807, 2.05) is 25.1 Å². The lowest BCUT2D eigenvalue weighted by Gasteiger charge is -2.08. The third-order valence-electron chi connectivity index (χ3n) is 2.86. The highest BCUT2D eigenvalue weighted by Crippen LogP contribution is 2.26. The highest BCUT2D eigenvalue weighted by molar-refractivity contribution is 7.99. The smallest absolute Gasteiger partial charge is 0.169 e. The van der Waals surface area contributed by atoms with Crippen molar-refractivity contribution in [1.29, 1.82) is 0 Å². The van der Waals surface area contributed by atoms with Crippen LogP contribution >= 0.6 is 23.4 Å². The lowest BCUT2D eigenvalue weighted by molar-refractivity contribution is 0.164. The van der Waals surface area contributed by atoms with Crippen LogP contribution in [0.3, 0.4) is 0 Å². The summed E-state index contributed by atoms with van der Waals surface area (Å²) in [6.07, 6.45) is 0. The Morgan fingerprint density at radius 1 is 1.35 bits per heavy atom. The minimum absolute atomic E-state index is 0.660. The van der Waals surface area contributed by atoms with Gasteiger partial charge in [0, 0.05) is 31.0 Å². The number of aromatic nitrogens is 2. The number of ether oxygens (including phenoxy) is 2. The van der Waals surface area contributed by atoms with Gasteiger partial charge in [0.05, 0.1) is 24.2 Å². The minimum Gasteiger partial charge on any atom is -0.383 e. The van der Waals surface area contributed by atoms with E-state index in [-0.39, 0.29) is 0 Å². The molecule has 0 N–H and O–H groups in total. The van der Waals surface area contributed by atoms with Gasteiger partial charge >= 0.3 is 0 Å². The third-order valence-corrected chi connectivity index (χ3v) is 4.03. The Hall–Kier alpha value is -0.750. The van der Waals surface area contributed by atoms with Gasteiger partial charge in [0.1, 0.15) is 0 Å². The molecular weight excluding hydrogens is 296 g/mol. The number of methoxy groups -OCH3 is 1. The van der Waals surface area contributed by atoms with Crippen molar-refractivity contribution in [2.24, 2.45) is 0 Å². The lowest BCUT2D eigenvalue weighted by atomic mass is 10.3. The second-order valence-corrected chi connectivity index (χ2v) is 5.72. The highest BCUT2D eigenvalue weighted by atomic mass is 35.5. The quantitative estimate of drug-likeness (QED) is 0.552. The largest absolute Gasteiger partial charge is 0.383 e. The molecule has 1 heterocycles. The maximum absolute atomic E-state index is 6.03. The summed E-state index contributed by atoms with van der Waals surface area (Å²) in [4.78, 5) is 4.65. The highest BCUT2D eigenvalue weighted by Gasteiger charge is 2.11. The van der Waals surface area contributed by atoms with Crippen LogP contribution in [0.5, 0.6) is 0 Å². The first kappa shape index (κ1) is 15.6. The van der Waals surface area contributed by atoms with E-state index >= 15 is 0 Å². The predicted molar refractivity (Wildman–Crippen MR) is 83.8 cm³/mol. The summed E-state index contributed by atoms with van der Waals surface area (Å²) >= 11 is 7.73. The zero-order valence-corrected chi connectivity index (χ0v) is 13.3. The van der Waals surface area contributed by atoms with Crippen LogP contribution in [-0.4, -0.2) is 42.2 Å². The molecule has 110 valence electrons. The molecule has 0 saturated heterocycles. The van der Waals surface area contributed by atoms with Gasteiger partial charge in [-0.3, -0.25) is 0 Å². The lowest BCUT2D eigenvalue weighted by Crippen LogP contribution is -2.06. The van der Waals surface area contributed by atoms with E-state index in [1.54, 1.807) is 18.9 Å². The van der Waals surface area contributed by atoms with E-state index in [0.29, 0.717) is 11.6 Å². The molecule has 2 rings (SSSR count). The van der Waals surface area contributed by atoms with Gasteiger partial charge in [-0.25, -0.2) is 4.98 Å². The number of imidazole rings is 1. The number of thioether (sulfide) groups is 1. The molecule has 1 aromatic heterocycles. The molecule has 0 amide bonds. The molecule has 0 unspecified atom stereocenters. The van der Waals surface area contributed by atoms with Gasteiger partial charge in [0.15, 0.2) is 5.16 Å². The molecule has 0 aliphatic heterocycles. The van der Waals surface area contributed by atoms with E-state index < -0.39 is 0 Å². The number of nitrogens with zero attached hydrogens (tertiary/aromatic N) is 2. The number of benzene rings is 1. The fourth-order valence-corrected chi connectivity index (χ4v) is 2.98. The monoisotopic (exact) mass is 314 g/mol. The van der Waals surface area contributed by atoms with Crippen molar-refractivity contribution in [3.8, 4) is 0 Å². The van der Waals surface area contributed by atoms with Gasteiger partial charge < -0.3 is 14.0 Å². The van der Waals surface area contributed by atoms with Crippen molar-refractivity contribution in [2.45, 2.75) is 18.6 Å². The molecule has 4 nitrogen and oxygen atoms in total. The van der Waals surface area contributed by atoms with E-state index in [0.717, 1.165) is 41.7 Å². The molecule has 0 bridgehead atoms. The maximum Gasteiger partial charge on any atom is 0.169 e. The molecule has 0 spiro atoms. The zero-order valence-electron chi connectivity index (χ0n) is 11.8. The van der Waals surface area contributed by atoms with Crippen molar-refractivity contribution < 1.29 is 9.47 Å². The zero-order chi connectivity index (χ0) is 14.4. The third kappa shape index (κ3) is 3.88. The number of hydrogen-bond donors (Lipinski definition) is 0. The van der Waals surface area contributed by atoms with E-state index in [9.17, 15) is 0 Å². The molecule has 0 atom stereocenters. The molecular formula is C14H19ClN2O2S. The van der Waals surface area contributed by atoms with E-state index in [1.165, 1.54) is 0 Å². The van der Waals surface area contributed by atoms with Crippen molar-refractivity contribution in [3.05, 3.63) is 23.2 Å². The second kappa shape index (κ2) is 7.88. The standard InChI is InChI=1S/C14H19ClN2O2S/c1-3-19-8-9-20-14-16-12-10-11(15)4-5-13(12)17(14)6-7-18-2/h4-5,10H,3,6-9H2,1-2H3. The predicted octanol–water partition coefficient (Wildman–Crippen LogP) is 3.46. The van der Waals surface area contributed by atoms with Crippen LogP contribution in [0.1, 0.15) is 6.92 Å². The minimum atomic E-state index is 0.660. The maximum atomic E-state index is 6.03. The van der Waals surface area contributed by atoms with Crippen LogP contribution in [0.25, 0.3) is 11.0 Å². The number of halogens is 1. The van der Waals surface area contributed by atoms with Gasteiger partial charge in [-0.05, 0) is 25.1 Å². The summed E-state index contributed by atoms with van der Waals surface area (Å²) in [5.41, 5.74) is 2.01.